The third kappa shape index (κ3) is 4.81. The van der Waals surface area contributed by atoms with Crippen molar-refractivity contribution in [1.82, 2.24) is 5.32 Å². The van der Waals surface area contributed by atoms with Crippen molar-refractivity contribution in [2.45, 2.75) is 25.3 Å². The Morgan fingerprint density at radius 3 is 2.08 bits per heavy atom. The second-order valence-corrected chi connectivity index (χ2v) is 5.80. The van der Waals surface area contributed by atoms with Gasteiger partial charge in [-0.2, -0.15) is 0 Å². The number of carbonyl (C=O) groups excluding carboxylic acids is 2. The highest BCUT2D eigenvalue weighted by atomic mass is 19.1. The van der Waals surface area contributed by atoms with Crippen molar-refractivity contribution in [3.05, 3.63) is 59.9 Å². The van der Waals surface area contributed by atoms with Crippen LogP contribution in [0, 0.1) is 5.82 Å². The second kappa shape index (κ2) is 7.12. The van der Waals surface area contributed by atoms with Crippen LogP contribution in [-0.2, 0) is 11.2 Å². The Balaban J connectivity index is 1.50. The summed E-state index contributed by atoms with van der Waals surface area (Å²) in [6, 6.07) is 12.8. The molecule has 0 spiro atoms. The van der Waals surface area contributed by atoms with Gasteiger partial charge in [0.05, 0.1) is 6.42 Å². The lowest BCUT2D eigenvalue weighted by molar-refractivity contribution is -0.115. The molecule has 3 amide bonds. The normalized spacial score (nSPS) is 13.2. The summed E-state index contributed by atoms with van der Waals surface area (Å²) in [5, 5.41) is 8.34. The lowest BCUT2D eigenvalue weighted by Gasteiger charge is -2.09. The van der Waals surface area contributed by atoms with Gasteiger partial charge in [0.1, 0.15) is 5.82 Å². The Morgan fingerprint density at radius 1 is 0.917 bits per heavy atom. The van der Waals surface area contributed by atoms with Crippen molar-refractivity contribution in [3.8, 4) is 0 Å². The van der Waals surface area contributed by atoms with Gasteiger partial charge < -0.3 is 16.0 Å². The predicted molar refractivity (Wildman–Crippen MR) is 90.4 cm³/mol. The van der Waals surface area contributed by atoms with E-state index >= 15 is 0 Å². The molecule has 5 nitrogen and oxygen atoms in total. The smallest absolute Gasteiger partial charge is 0.319 e. The molecule has 0 aliphatic heterocycles. The third-order valence-corrected chi connectivity index (χ3v) is 3.62. The first-order valence-corrected chi connectivity index (χ1v) is 7.80. The van der Waals surface area contributed by atoms with E-state index in [1.807, 2.05) is 0 Å². The van der Waals surface area contributed by atoms with Crippen LogP contribution in [-0.4, -0.2) is 18.0 Å². The molecule has 2 aromatic carbocycles. The molecular formula is C18H18FN3O2. The lowest BCUT2D eigenvalue weighted by atomic mass is 10.1. The zero-order chi connectivity index (χ0) is 16.9. The number of carbonyl (C=O) groups is 2. The summed E-state index contributed by atoms with van der Waals surface area (Å²) in [6.07, 6.45) is 2.24. The highest BCUT2D eigenvalue weighted by molar-refractivity contribution is 5.93. The highest BCUT2D eigenvalue weighted by Crippen LogP contribution is 2.19. The Kier molecular flexibility index (Phi) is 4.74. The summed E-state index contributed by atoms with van der Waals surface area (Å²) in [4.78, 5) is 23.6. The molecule has 0 bridgehead atoms. The Hall–Kier alpha value is -2.89. The number of amides is 3. The first-order chi connectivity index (χ1) is 11.6. The largest absolute Gasteiger partial charge is 0.335 e. The average molecular weight is 327 g/mol. The van der Waals surface area contributed by atoms with Crippen molar-refractivity contribution in [3.63, 3.8) is 0 Å². The van der Waals surface area contributed by atoms with Gasteiger partial charge in [-0.25, -0.2) is 9.18 Å². The fourth-order valence-electron chi connectivity index (χ4n) is 2.21. The van der Waals surface area contributed by atoms with Crippen LogP contribution in [0.25, 0.3) is 0 Å². The van der Waals surface area contributed by atoms with Gasteiger partial charge in [-0.1, -0.05) is 12.1 Å². The van der Waals surface area contributed by atoms with Crippen LogP contribution in [0.15, 0.2) is 48.5 Å². The zero-order valence-corrected chi connectivity index (χ0v) is 13.0. The zero-order valence-electron chi connectivity index (χ0n) is 13.0. The first kappa shape index (κ1) is 16.0. The number of halogens is 1. The van der Waals surface area contributed by atoms with E-state index in [9.17, 15) is 14.0 Å². The summed E-state index contributed by atoms with van der Waals surface area (Å²) in [6.45, 7) is 0. The van der Waals surface area contributed by atoms with Gasteiger partial charge in [-0.3, -0.25) is 4.79 Å². The number of nitrogens with one attached hydrogen (secondary N) is 3. The fraction of sp³-hybridized carbons (Fsp3) is 0.222. The first-order valence-electron chi connectivity index (χ1n) is 7.80. The molecule has 0 aromatic heterocycles. The SMILES string of the molecule is O=C(Cc1ccc(F)cc1)Nc1ccc(NC(=O)NC2CC2)cc1. The molecular weight excluding hydrogens is 309 g/mol. The number of benzene rings is 2. The van der Waals surface area contributed by atoms with Gasteiger partial charge in [0, 0.05) is 17.4 Å². The molecule has 1 fully saturated rings. The van der Waals surface area contributed by atoms with Crippen molar-refractivity contribution >= 4 is 23.3 Å². The van der Waals surface area contributed by atoms with Gasteiger partial charge in [-0.15, -0.1) is 0 Å². The van der Waals surface area contributed by atoms with E-state index in [-0.39, 0.29) is 24.2 Å². The van der Waals surface area contributed by atoms with Crippen LogP contribution in [0.1, 0.15) is 18.4 Å². The standard InChI is InChI=1S/C18H18FN3O2/c19-13-3-1-12(2-4-13)11-17(23)20-14-5-7-15(8-6-14)21-18(24)22-16-9-10-16/h1-8,16H,9-11H2,(H,20,23)(H2,21,22,24). The molecule has 0 radical (unpaired) electrons. The van der Waals surface area contributed by atoms with Crippen molar-refractivity contribution < 1.29 is 14.0 Å². The molecule has 2 aromatic rings. The number of hydrogen-bond donors (Lipinski definition) is 3. The van der Waals surface area contributed by atoms with Crippen molar-refractivity contribution in [2.75, 3.05) is 10.6 Å². The minimum Gasteiger partial charge on any atom is -0.335 e. The minimum atomic E-state index is -0.326. The minimum absolute atomic E-state index is 0.171. The summed E-state index contributed by atoms with van der Waals surface area (Å²) < 4.78 is 12.8. The highest BCUT2D eigenvalue weighted by Gasteiger charge is 2.23. The van der Waals surface area contributed by atoms with Crippen LogP contribution >= 0.6 is 0 Å². The molecule has 6 heteroatoms. The monoisotopic (exact) mass is 327 g/mol. The quantitative estimate of drug-likeness (QED) is 0.788. The maximum Gasteiger partial charge on any atom is 0.319 e. The van der Waals surface area contributed by atoms with Crippen molar-refractivity contribution in [2.24, 2.45) is 0 Å². The summed E-state index contributed by atoms with van der Waals surface area (Å²) in [7, 11) is 0. The summed E-state index contributed by atoms with van der Waals surface area (Å²) >= 11 is 0. The number of rotatable bonds is 5. The van der Waals surface area contributed by atoms with Gasteiger partial charge >= 0.3 is 6.03 Å². The summed E-state index contributed by atoms with van der Waals surface area (Å²) in [5.74, 6) is -0.512. The second-order valence-electron chi connectivity index (χ2n) is 5.80. The molecule has 0 saturated heterocycles. The molecule has 124 valence electrons. The fourth-order valence-corrected chi connectivity index (χ4v) is 2.21. The van der Waals surface area contributed by atoms with Crippen molar-refractivity contribution in [1.29, 1.82) is 0 Å². The van der Waals surface area contributed by atoms with E-state index in [4.69, 9.17) is 0 Å². The van der Waals surface area contributed by atoms with Crippen LogP contribution < -0.4 is 16.0 Å². The molecule has 1 aliphatic carbocycles. The number of urea groups is 1. The molecule has 1 saturated carbocycles. The maximum absolute atomic E-state index is 12.8. The van der Waals surface area contributed by atoms with E-state index in [2.05, 4.69) is 16.0 Å². The molecule has 1 aliphatic rings. The maximum atomic E-state index is 12.8. The Bertz CT molecular complexity index is 725. The Morgan fingerprint density at radius 2 is 1.50 bits per heavy atom. The van der Waals surface area contributed by atoms with Crippen LogP contribution in [0.4, 0.5) is 20.6 Å². The van der Waals surface area contributed by atoms with Gasteiger partial charge in [-0.05, 0) is 54.8 Å². The molecule has 0 unspecified atom stereocenters. The third-order valence-electron chi connectivity index (χ3n) is 3.62. The molecule has 3 rings (SSSR count). The van der Waals surface area contributed by atoms with Crippen LogP contribution in [0.2, 0.25) is 0 Å². The number of anilines is 2. The number of hydrogen-bond acceptors (Lipinski definition) is 2. The Labute approximate surface area is 139 Å². The molecule has 0 heterocycles. The van der Waals surface area contributed by atoms with E-state index in [0.717, 1.165) is 18.4 Å². The lowest BCUT2D eigenvalue weighted by Crippen LogP contribution is -2.30. The van der Waals surface area contributed by atoms with Crippen LogP contribution in [0.5, 0.6) is 0 Å². The topological polar surface area (TPSA) is 70.2 Å². The molecule has 3 N–H and O–H groups in total. The predicted octanol–water partition coefficient (Wildman–Crippen LogP) is 3.29. The molecule has 24 heavy (non-hydrogen) atoms. The van der Waals surface area contributed by atoms with E-state index in [0.29, 0.717) is 17.4 Å². The van der Waals surface area contributed by atoms with Gasteiger partial charge in [0.25, 0.3) is 0 Å². The van der Waals surface area contributed by atoms with E-state index < -0.39 is 0 Å². The van der Waals surface area contributed by atoms with Gasteiger partial charge in [0.2, 0.25) is 5.91 Å². The average Bonchev–Trinajstić information content (AvgIpc) is 3.35. The van der Waals surface area contributed by atoms with Gasteiger partial charge in [0.15, 0.2) is 0 Å². The van der Waals surface area contributed by atoms with E-state index in [1.165, 1.54) is 12.1 Å². The molecule has 0 atom stereocenters. The van der Waals surface area contributed by atoms with Crippen LogP contribution in [0.3, 0.4) is 0 Å². The van der Waals surface area contributed by atoms with E-state index in [1.54, 1.807) is 36.4 Å². The summed E-state index contributed by atoms with van der Waals surface area (Å²) in [5.41, 5.74) is 2.03.